The number of ether oxygens (including phenoxy) is 2. The normalized spacial score (nSPS) is 11.4. The number of alkyl halides is 6. The molecule has 0 bridgehead atoms. The van der Waals surface area contributed by atoms with Gasteiger partial charge >= 0.3 is 46.5 Å². The summed E-state index contributed by atoms with van der Waals surface area (Å²) in [4.78, 5) is 61.6. The number of hydrogen-bond acceptors (Lipinski definition) is 14. The summed E-state index contributed by atoms with van der Waals surface area (Å²) in [5.74, 6) is -4.60. The largest absolute Gasteiger partial charge is 0.444 e. The van der Waals surface area contributed by atoms with E-state index in [1.54, 1.807) is 0 Å². The lowest BCUT2D eigenvalue weighted by Gasteiger charge is -2.12. The van der Waals surface area contributed by atoms with Crippen molar-refractivity contribution in [2.24, 2.45) is 0 Å². The van der Waals surface area contributed by atoms with E-state index in [-0.39, 0.29) is 29.8 Å². The number of benzene rings is 4. The van der Waals surface area contributed by atoms with Crippen LogP contribution in [0.3, 0.4) is 0 Å². The average Bonchev–Trinajstić information content (AvgIpc) is 3.03. The lowest BCUT2D eigenvalue weighted by molar-refractivity contribution is -0.422. The Bertz CT molecular complexity index is 2140. The van der Waals surface area contributed by atoms with E-state index in [4.69, 9.17) is 9.47 Å². The van der Waals surface area contributed by atoms with Crippen LogP contribution in [0.5, 0.6) is 23.0 Å². The van der Waals surface area contributed by atoms with E-state index in [1.807, 2.05) is 0 Å². The minimum absolute atomic E-state index is 0.0310. The first-order chi connectivity index (χ1) is 24.0. The zero-order valence-corrected chi connectivity index (χ0v) is 24.4. The van der Waals surface area contributed by atoms with Gasteiger partial charge in [-0.25, -0.2) is 0 Å². The molecular formula is C26H10F6N6O14. The lowest BCUT2D eigenvalue weighted by atomic mass is 10.0. The van der Waals surface area contributed by atoms with Crippen LogP contribution in [0.15, 0.2) is 60.7 Å². The molecule has 0 atom stereocenters. The van der Waals surface area contributed by atoms with E-state index in [0.29, 0.717) is 6.07 Å². The smallest absolute Gasteiger partial charge is 0.416 e. The van der Waals surface area contributed by atoms with Crippen LogP contribution >= 0.6 is 0 Å². The summed E-state index contributed by atoms with van der Waals surface area (Å²) in [6.45, 7) is 0. The predicted molar refractivity (Wildman–Crippen MR) is 155 cm³/mol. The number of halogens is 6. The summed E-state index contributed by atoms with van der Waals surface area (Å²) in [5.41, 5.74) is -13.9. The Morgan fingerprint density at radius 3 is 1.15 bits per heavy atom. The Kier molecular flexibility index (Phi) is 9.61. The van der Waals surface area contributed by atoms with Gasteiger partial charge in [0.05, 0.1) is 46.2 Å². The van der Waals surface area contributed by atoms with Gasteiger partial charge in [0.2, 0.25) is 5.75 Å². The van der Waals surface area contributed by atoms with Crippen molar-refractivity contribution in [3.8, 4) is 34.1 Å². The molecular weight excluding hydrogens is 734 g/mol. The first-order valence-electron chi connectivity index (χ1n) is 13.0. The van der Waals surface area contributed by atoms with Crippen molar-refractivity contribution in [2.45, 2.75) is 12.4 Å². The second kappa shape index (κ2) is 13.4. The van der Waals surface area contributed by atoms with E-state index in [9.17, 15) is 87.0 Å². The van der Waals surface area contributed by atoms with Crippen molar-refractivity contribution in [3.63, 3.8) is 0 Å². The first kappa shape index (κ1) is 37.3. The molecule has 4 rings (SSSR count). The monoisotopic (exact) mass is 744 g/mol. The van der Waals surface area contributed by atoms with Gasteiger partial charge in [-0.15, -0.1) is 0 Å². The molecule has 0 saturated heterocycles. The minimum Gasteiger partial charge on any atom is -0.444 e. The van der Waals surface area contributed by atoms with Crippen LogP contribution in [0, 0.1) is 60.7 Å². The molecule has 20 nitrogen and oxygen atoms in total. The fourth-order valence-corrected chi connectivity index (χ4v) is 4.44. The molecule has 0 amide bonds. The molecule has 0 unspecified atom stereocenters. The molecule has 0 aliphatic carbocycles. The van der Waals surface area contributed by atoms with Gasteiger partial charge < -0.3 is 9.47 Å². The summed E-state index contributed by atoms with van der Waals surface area (Å²) in [6, 6.07) is 4.36. The molecule has 0 aliphatic heterocycles. The summed E-state index contributed by atoms with van der Waals surface area (Å²) in [6.07, 6.45) is -10.6. The summed E-state index contributed by atoms with van der Waals surface area (Å²) >= 11 is 0. The van der Waals surface area contributed by atoms with Crippen molar-refractivity contribution in [1.29, 1.82) is 0 Å². The van der Waals surface area contributed by atoms with E-state index in [0.717, 1.165) is 30.3 Å². The molecule has 4 aromatic rings. The van der Waals surface area contributed by atoms with Crippen LogP contribution in [0.4, 0.5) is 60.5 Å². The zero-order valence-electron chi connectivity index (χ0n) is 24.4. The van der Waals surface area contributed by atoms with E-state index < -0.39 is 116 Å². The summed E-state index contributed by atoms with van der Waals surface area (Å²) in [5, 5.41) is 70.3. The molecule has 0 saturated carbocycles. The van der Waals surface area contributed by atoms with E-state index in [1.165, 1.54) is 0 Å². The maximum absolute atomic E-state index is 13.3. The average molecular weight is 744 g/mol. The van der Waals surface area contributed by atoms with Crippen LogP contribution in [0.2, 0.25) is 0 Å². The molecule has 52 heavy (non-hydrogen) atoms. The second-order valence-electron chi connectivity index (χ2n) is 9.76. The SMILES string of the molecule is O=[N+]([O-])c1cc(C(F)(F)F)cc([N+](=O)[O-])c1Oc1ccc(-c2ccc(Oc3c([N+](=O)[O-])cc(C(F)(F)F)cc3[N+](=O)[O-])c([N+](=O)[O-])c2[N+](=O)[O-])cc1. The Morgan fingerprint density at radius 1 is 0.462 bits per heavy atom. The van der Waals surface area contributed by atoms with Crippen LogP contribution < -0.4 is 9.47 Å². The minimum atomic E-state index is -5.34. The van der Waals surface area contributed by atoms with Crippen LogP contribution in [-0.2, 0) is 12.4 Å². The van der Waals surface area contributed by atoms with Gasteiger partial charge in [-0.2, -0.15) is 26.3 Å². The molecule has 0 spiro atoms. The summed E-state index contributed by atoms with van der Waals surface area (Å²) in [7, 11) is 0. The predicted octanol–water partition coefficient (Wildman–Crippen LogP) is 8.43. The highest BCUT2D eigenvalue weighted by atomic mass is 19.4. The van der Waals surface area contributed by atoms with Gasteiger partial charge in [-0.05, 0) is 29.8 Å². The van der Waals surface area contributed by atoms with Crippen LogP contribution in [0.25, 0.3) is 11.1 Å². The fraction of sp³-hybridized carbons (Fsp3) is 0.0769. The number of hydrogen-bond donors (Lipinski definition) is 0. The molecule has 26 heteroatoms. The molecule has 0 aromatic heterocycles. The van der Waals surface area contributed by atoms with Crippen molar-refractivity contribution in [1.82, 2.24) is 0 Å². The van der Waals surface area contributed by atoms with Crippen molar-refractivity contribution < 1.29 is 65.4 Å². The molecule has 4 aromatic carbocycles. The Labute approximate surface area is 278 Å². The number of rotatable bonds is 11. The molecule has 0 heterocycles. The van der Waals surface area contributed by atoms with Gasteiger partial charge in [-0.1, -0.05) is 12.1 Å². The Morgan fingerprint density at radius 2 is 0.827 bits per heavy atom. The topological polar surface area (TPSA) is 277 Å². The molecule has 0 fully saturated rings. The van der Waals surface area contributed by atoms with Crippen molar-refractivity contribution >= 4 is 34.1 Å². The fourth-order valence-electron chi connectivity index (χ4n) is 4.44. The third kappa shape index (κ3) is 7.38. The van der Waals surface area contributed by atoms with Gasteiger partial charge in [0.15, 0.2) is 0 Å². The molecule has 0 N–H and O–H groups in total. The second-order valence-corrected chi connectivity index (χ2v) is 9.76. The van der Waals surface area contributed by atoms with Gasteiger partial charge in [0, 0.05) is 24.3 Å². The number of nitro benzene ring substituents is 6. The third-order valence-electron chi connectivity index (χ3n) is 6.62. The molecule has 270 valence electrons. The maximum atomic E-state index is 13.3. The highest BCUT2D eigenvalue weighted by Crippen LogP contribution is 2.50. The maximum Gasteiger partial charge on any atom is 0.416 e. The van der Waals surface area contributed by atoms with Crippen LogP contribution in [-0.4, -0.2) is 29.5 Å². The lowest BCUT2D eigenvalue weighted by Crippen LogP contribution is -2.09. The Hall–Kier alpha value is -7.54. The zero-order chi connectivity index (χ0) is 39.0. The first-order valence-corrected chi connectivity index (χ1v) is 13.0. The van der Waals surface area contributed by atoms with E-state index >= 15 is 0 Å². The quantitative estimate of drug-likeness (QED) is 0.0791. The van der Waals surface area contributed by atoms with Crippen molar-refractivity contribution in [2.75, 3.05) is 0 Å². The highest BCUT2D eigenvalue weighted by Gasteiger charge is 2.42. The van der Waals surface area contributed by atoms with E-state index in [2.05, 4.69) is 0 Å². The molecule has 0 aliphatic rings. The number of nitrogens with zero attached hydrogens (tertiary/aromatic N) is 6. The van der Waals surface area contributed by atoms with Crippen LogP contribution in [0.1, 0.15) is 11.1 Å². The Balaban J connectivity index is 1.85. The van der Waals surface area contributed by atoms with Gasteiger partial charge in [0.1, 0.15) is 5.75 Å². The third-order valence-corrected chi connectivity index (χ3v) is 6.62. The standard InChI is InChI=1S/C26H10F6N6O14/c27-25(28,29)12-7-16(33(39)40)23(17(8-12)34(41)42)51-14-3-1-11(2-4-14)15-5-6-20(22(38(49)50)21(15)37(47)48)52-24-18(35(43)44)9-13(26(30,31)32)10-19(24)36(45)46/h1-10H. The van der Waals surface area contributed by atoms with Gasteiger partial charge in [0.25, 0.3) is 11.5 Å². The van der Waals surface area contributed by atoms with Gasteiger partial charge in [-0.3, -0.25) is 60.7 Å². The molecule has 0 radical (unpaired) electrons. The highest BCUT2D eigenvalue weighted by molar-refractivity contribution is 5.83. The summed E-state index contributed by atoms with van der Waals surface area (Å²) < 4.78 is 89.6. The van der Waals surface area contributed by atoms with Crippen molar-refractivity contribution in [3.05, 3.63) is 132 Å². The number of nitro groups is 6.